The van der Waals surface area contributed by atoms with Gasteiger partial charge in [-0.15, -0.1) is 6.58 Å². The molecular weight excluding hydrogens is 387 g/mol. The molecule has 4 N–H and O–H groups in total. The largest absolute Gasteiger partial charge is 0.378 e. The fourth-order valence-electron chi connectivity index (χ4n) is 2.46. The third kappa shape index (κ3) is 6.29. The molecular formula is C22H27FN4OS. The molecule has 1 saturated carbocycles. The molecule has 5 nitrogen and oxygen atoms in total. The van der Waals surface area contributed by atoms with Gasteiger partial charge in [-0.2, -0.15) is 0 Å². The number of hydrogen-bond acceptors (Lipinski definition) is 5. The topological polar surface area (TPSA) is 80.0 Å². The van der Waals surface area contributed by atoms with Crippen molar-refractivity contribution >= 4 is 43.8 Å². The van der Waals surface area contributed by atoms with Crippen LogP contribution in [-0.2, 0) is 0 Å². The van der Waals surface area contributed by atoms with Crippen molar-refractivity contribution in [1.29, 1.82) is 0 Å². The summed E-state index contributed by atoms with van der Waals surface area (Å²) in [5.74, 6) is 0.0514. The summed E-state index contributed by atoms with van der Waals surface area (Å²) in [5, 5.41) is 8.91. The van der Waals surface area contributed by atoms with Gasteiger partial charge in [-0.3, -0.25) is 4.79 Å². The van der Waals surface area contributed by atoms with Crippen LogP contribution in [-0.4, -0.2) is 17.9 Å². The normalized spacial score (nSPS) is 12.1. The monoisotopic (exact) mass is 414 g/mol. The van der Waals surface area contributed by atoms with Crippen molar-refractivity contribution in [3.8, 4) is 0 Å². The Morgan fingerprint density at radius 2 is 1.90 bits per heavy atom. The van der Waals surface area contributed by atoms with Gasteiger partial charge in [0.25, 0.3) is 5.91 Å². The van der Waals surface area contributed by atoms with Gasteiger partial charge in [0.15, 0.2) is 10.8 Å². The quantitative estimate of drug-likeness (QED) is 0.452. The van der Waals surface area contributed by atoms with Gasteiger partial charge in [0.05, 0.1) is 0 Å². The number of benzene rings is 2. The number of anilines is 3. The van der Waals surface area contributed by atoms with Crippen LogP contribution in [0.4, 0.5) is 20.2 Å². The number of amides is 1. The number of primary amides is 1. The summed E-state index contributed by atoms with van der Waals surface area (Å²) in [5.41, 5.74) is 6.29. The number of carbonyl (C=O) groups is 1. The highest BCUT2D eigenvalue weighted by Crippen LogP contribution is 2.31. The SMILES string of the molecule is C=CC1CC1.CC.CNc1sc(Nc2ccc3cc(F)ccc3c2)nc1C(N)=O. The second-order valence-corrected chi connectivity index (χ2v) is 7.21. The maximum absolute atomic E-state index is 13.2. The number of fused-ring (bicyclic) bond motifs is 1. The van der Waals surface area contributed by atoms with Crippen molar-refractivity contribution in [1.82, 2.24) is 4.98 Å². The molecule has 3 aromatic rings. The van der Waals surface area contributed by atoms with Crippen LogP contribution in [0.25, 0.3) is 10.8 Å². The summed E-state index contributed by atoms with van der Waals surface area (Å²) in [6, 6.07) is 10.1. The second-order valence-electron chi connectivity index (χ2n) is 6.22. The maximum atomic E-state index is 13.2. The molecule has 0 bridgehead atoms. The van der Waals surface area contributed by atoms with Crippen LogP contribution in [0.1, 0.15) is 37.2 Å². The predicted molar refractivity (Wildman–Crippen MR) is 122 cm³/mol. The average molecular weight is 415 g/mol. The van der Waals surface area contributed by atoms with Gasteiger partial charge in [0.2, 0.25) is 0 Å². The van der Waals surface area contributed by atoms with E-state index in [0.717, 1.165) is 22.4 Å². The van der Waals surface area contributed by atoms with Gasteiger partial charge < -0.3 is 16.4 Å². The van der Waals surface area contributed by atoms with E-state index in [4.69, 9.17) is 5.73 Å². The van der Waals surface area contributed by atoms with E-state index >= 15 is 0 Å². The second kappa shape index (κ2) is 10.6. The molecule has 1 aromatic heterocycles. The molecule has 0 saturated heterocycles. The van der Waals surface area contributed by atoms with Gasteiger partial charge in [0, 0.05) is 12.7 Å². The molecule has 0 atom stereocenters. The Bertz CT molecular complexity index is 982. The Morgan fingerprint density at radius 3 is 2.41 bits per heavy atom. The first-order valence-corrected chi connectivity index (χ1v) is 10.4. The smallest absolute Gasteiger partial charge is 0.270 e. The number of aromatic nitrogens is 1. The van der Waals surface area contributed by atoms with Crippen molar-refractivity contribution < 1.29 is 9.18 Å². The molecule has 0 spiro atoms. The van der Waals surface area contributed by atoms with E-state index in [1.54, 1.807) is 13.1 Å². The van der Waals surface area contributed by atoms with Gasteiger partial charge in [-0.05, 0) is 53.8 Å². The van der Waals surface area contributed by atoms with Crippen LogP contribution in [0.3, 0.4) is 0 Å². The van der Waals surface area contributed by atoms with E-state index in [9.17, 15) is 9.18 Å². The van der Waals surface area contributed by atoms with Crippen LogP contribution >= 0.6 is 11.3 Å². The van der Waals surface area contributed by atoms with Gasteiger partial charge in [-0.25, -0.2) is 9.37 Å². The van der Waals surface area contributed by atoms with Crippen LogP contribution in [0, 0.1) is 11.7 Å². The number of rotatable bonds is 5. The molecule has 1 amide bonds. The van der Waals surface area contributed by atoms with Crippen LogP contribution in [0.2, 0.25) is 0 Å². The summed E-state index contributed by atoms with van der Waals surface area (Å²) >= 11 is 1.30. The highest BCUT2D eigenvalue weighted by atomic mass is 32.1. The molecule has 1 fully saturated rings. The van der Waals surface area contributed by atoms with Crippen molar-refractivity contribution in [2.45, 2.75) is 26.7 Å². The minimum atomic E-state index is -0.581. The number of nitrogens with one attached hydrogen (secondary N) is 2. The van der Waals surface area contributed by atoms with Gasteiger partial charge in [0.1, 0.15) is 10.8 Å². The molecule has 154 valence electrons. The van der Waals surface area contributed by atoms with Crippen molar-refractivity contribution in [3.05, 3.63) is 60.6 Å². The zero-order valence-corrected chi connectivity index (χ0v) is 17.8. The van der Waals surface area contributed by atoms with E-state index in [-0.39, 0.29) is 11.5 Å². The number of halogens is 1. The lowest BCUT2D eigenvalue weighted by atomic mass is 10.1. The van der Waals surface area contributed by atoms with Crippen LogP contribution in [0.15, 0.2) is 49.1 Å². The highest BCUT2D eigenvalue weighted by molar-refractivity contribution is 7.19. The molecule has 1 aliphatic carbocycles. The maximum Gasteiger partial charge on any atom is 0.270 e. The molecule has 7 heteroatoms. The zero-order chi connectivity index (χ0) is 21.4. The summed E-state index contributed by atoms with van der Waals surface area (Å²) < 4.78 is 13.2. The Labute approximate surface area is 174 Å². The molecule has 4 rings (SSSR count). The summed E-state index contributed by atoms with van der Waals surface area (Å²) in [6.07, 6.45) is 4.81. The predicted octanol–water partition coefficient (Wildman–Crippen LogP) is 5.93. The van der Waals surface area contributed by atoms with Gasteiger partial charge in [-0.1, -0.05) is 43.4 Å². The van der Waals surface area contributed by atoms with Crippen molar-refractivity contribution in [2.75, 3.05) is 17.7 Å². The Kier molecular flexibility index (Phi) is 8.15. The van der Waals surface area contributed by atoms with E-state index in [0.29, 0.717) is 10.1 Å². The van der Waals surface area contributed by atoms with E-state index in [1.807, 2.05) is 38.1 Å². The average Bonchev–Trinajstić information content (AvgIpc) is 3.49. The standard InChI is InChI=1S/C15H13FN4OS.C5H8.C2H6/c1-18-14-12(13(17)21)20-15(22-14)19-11-5-3-8-6-10(16)4-2-9(8)7-11;1-2-5-3-4-5;1-2/h2-7,18H,1H3,(H2,17,21)(H,19,20);2,5H,1,3-4H2;1-2H3. The minimum absolute atomic E-state index is 0.206. The number of hydrogen-bond donors (Lipinski definition) is 3. The minimum Gasteiger partial charge on any atom is -0.378 e. The fraction of sp³-hybridized carbons (Fsp3) is 0.273. The highest BCUT2D eigenvalue weighted by Gasteiger charge is 2.15. The summed E-state index contributed by atoms with van der Waals surface area (Å²) in [6.45, 7) is 7.62. The number of carbonyl (C=O) groups excluding carboxylic acids is 1. The van der Waals surface area contributed by atoms with Gasteiger partial charge >= 0.3 is 0 Å². The third-order valence-electron chi connectivity index (χ3n) is 4.10. The first kappa shape index (κ1) is 22.4. The zero-order valence-electron chi connectivity index (χ0n) is 17.0. The molecule has 0 radical (unpaired) electrons. The molecule has 2 aromatic carbocycles. The molecule has 1 aliphatic rings. The third-order valence-corrected chi connectivity index (χ3v) is 5.08. The number of allylic oxidation sites excluding steroid dienone is 1. The van der Waals surface area contributed by atoms with Crippen LogP contribution < -0.4 is 16.4 Å². The molecule has 0 unspecified atom stereocenters. The number of nitrogens with two attached hydrogens (primary N) is 1. The summed E-state index contributed by atoms with van der Waals surface area (Å²) in [4.78, 5) is 15.5. The van der Waals surface area contributed by atoms with E-state index < -0.39 is 5.91 Å². The Hall–Kier alpha value is -2.93. The van der Waals surface area contributed by atoms with E-state index in [1.165, 1.54) is 36.3 Å². The lowest BCUT2D eigenvalue weighted by molar-refractivity contribution is 0.0997. The Balaban J connectivity index is 0.000000367. The first-order chi connectivity index (χ1) is 14.0. The molecule has 1 heterocycles. The Morgan fingerprint density at radius 1 is 1.24 bits per heavy atom. The number of nitrogens with zero attached hydrogens (tertiary/aromatic N) is 1. The lowest BCUT2D eigenvalue weighted by Gasteiger charge is -2.04. The van der Waals surface area contributed by atoms with E-state index in [2.05, 4.69) is 22.2 Å². The first-order valence-electron chi connectivity index (χ1n) is 9.57. The van der Waals surface area contributed by atoms with Crippen LogP contribution in [0.5, 0.6) is 0 Å². The fourth-order valence-corrected chi connectivity index (χ4v) is 3.30. The summed E-state index contributed by atoms with van der Waals surface area (Å²) in [7, 11) is 1.70. The molecule has 29 heavy (non-hydrogen) atoms. The lowest BCUT2D eigenvalue weighted by Crippen LogP contribution is -2.13. The van der Waals surface area contributed by atoms with Crippen molar-refractivity contribution in [3.63, 3.8) is 0 Å². The molecule has 0 aliphatic heterocycles. The number of thiazole rings is 1. The van der Waals surface area contributed by atoms with Crippen molar-refractivity contribution in [2.24, 2.45) is 11.7 Å².